The van der Waals surface area contributed by atoms with Crippen molar-refractivity contribution >= 4 is 23.2 Å². The molecule has 0 bridgehead atoms. The van der Waals surface area contributed by atoms with Crippen molar-refractivity contribution in [3.63, 3.8) is 0 Å². The highest BCUT2D eigenvalue weighted by Crippen LogP contribution is 2.52. The Bertz CT molecular complexity index is 768. The van der Waals surface area contributed by atoms with Crippen LogP contribution in [0, 0.1) is 11.3 Å². The fourth-order valence-electron chi connectivity index (χ4n) is 2.87. The summed E-state index contributed by atoms with van der Waals surface area (Å²) in [7, 11) is 1.63. The molecule has 1 aromatic heterocycles. The van der Waals surface area contributed by atoms with Crippen molar-refractivity contribution in [2.75, 3.05) is 7.11 Å². The smallest absolute Gasteiger partial charge is 0.319 e. The third-order valence-electron chi connectivity index (χ3n) is 4.60. The number of rotatable bonds is 6. The van der Waals surface area contributed by atoms with Crippen molar-refractivity contribution in [2.24, 2.45) is 11.3 Å². The van der Waals surface area contributed by atoms with Crippen molar-refractivity contribution < 1.29 is 19.4 Å². The maximum absolute atomic E-state index is 12.2. The molecule has 1 aliphatic carbocycles. The van der Waals surface area contributed by atoms with E-state index in [1.165, 1.54) is 0 Å². The number of benzene rings is 1. The first-order valence-electron chi connectivity index (χ1n) is 7.71. The van der Waals surface area contributed by atoms with E-state index in [2.05, 4.69) is 5.32 Å². The van der Waals surface area contributed by atoms with Crippen LogP contribution in [0.3, 0.4) is 0 Å². The minimum atomic E-state index is -1.23. The van der Waals surface area contributed by atoms with Gasteiger partial charge in [-0.3, -0.25) is 9.59 Å². The van der Waals surface area contributed by atoms with Crippen LogP contribution in [0.1, 0.15) is 18.2 Å². The minimum Gasteiger partial charge on any atom is -0.497 e. The van der Waals surface area contributed by atoms with Crippen LogP contribution in [0.5, 0.6) is 5.75 Å². The molecule has 2 aromatic rings. The number of aliphatic carboxylic acids is 1. The summed E-state index contributed by atoms with van der Waals surface area (Å²) in [5, 5.41) is 14.1. The lowest BCUT2D eigenvalue weighted by Crippen LogP contribution is -2.37. The predicted octanol–water partition coefficient (Wildman–Crippen LogP) is 3.15. The lowest BCUT2D eigenvalue weighted by Gasteiger charge is -2.11. The zero-order valence-corrected chi connectivity index (χ0v) is 14.4. The molecule has 0 aliphatic heterocycles. The first-order valence-corrected chi connectivity index (χ1v) is 8.59. The van der Waals surface area contributed by atoms with E-state index < -0.39 is 11.4 Å². The number of carbonyl (C=O) groups excluding carboxylic acids is 1. The van der Waals surface area contributed by atoms with E-state index in [4.69, 9.17) is 4.74 Å². The van der Waals surface area contributed by atoms with E-state index >= 15 is 0 Å². The number of thiophene rings is 1. The van der Waals surface area contributed by atoms with Crippen molar-refractivity contribution in [2.45, 2.75) is 19.9 Å². The lowest BCUT2D eigenvalue weighted by molar-refractivity contribution is -0.149. The number of carbonyl (C=O) groups is 2. The first-order chi connectivity index (χ1) is 11.5. The molecule has 5 nitrogen and oxygen atoms in total. The molecular weight excluding hydrogens is 326 g/mol. The van der Waals surface area contributed by atoms with E-state index in [-0.39, 0.29) is 11.8 Å². The van der Waals surface area contributed by atoms with Crippen LogP contribution in [0.4, 0.5) is 0 Å². The molecule has 1 fully saturated rings. The number of carboxylic acids is 1. The SMILES string of the molecule is COc1ccc(-c2csc(CNC(=O)[C@]3(C(=O)O)C[C@H]3C)c2)cc1. The lowest BCUT2D eigenvalue weighted by atomic mass is 10.0. The predicted molar refractivity (Wildman–Crippen MR) is 92.0 cm³/mol. The summed E-state index contributed by atoms with van der Waals surface area (Å²) >= 11 is 1.54. The Labute approximate surface area is 144 Å². The molecule has 126 valence electrons. The maximum Gasteiger partial charge on any atom is 0.319 e. The summed E-state index contributed by atoms with van der Waals surface area (Å²) in [4.78, 5) is 24.5. The Morgan fingerprint density at radius 3 is 2.54 bits per heavy atom. The molecule has 3 rings (SSSR count). The van der Waals surface area contributed by atoms with Gasteiger partial charge in [-0.1, -0.05) is 19.1 Å². The van der Waals surface area contributed by atoms with Crippen LogP contribution in [-0.2, 0) is 16.1 Å². The number of hydrogen-bond acceptors (Lipinski definition) is 4. The van der Waals surface area contributed by atoms with Crippen molar-refractivity contribution in [3.8, 4) is 16.9 Å². The fraction of sp³-hybridized carbons (Fsp3) is 0.333. The van der Waals surface area contributed by atoms with Crippen LogP contribution in [0.2, 0.25) is 0 Å². The molecule has 1 heterocycles. The number of carboxylic acid groups (broad SMARTS) is 1. The van der Waals surface area contributed by atoms with Crippen LogP contribution >= 0.6 is 11.3 Å². The molecule has 0 radical (unpaired) electrons. The summed E-state index contributed by atoms with van der Waals surface area (Å²) in [6.07, 6.45) is 0.412. The maximum atomic E-state index is 12.2. The Balaban J connectivity index is 1.64. The number of hydrogen-bond donors (Lipinski definition) is 2. The van der Waals surface area contributed by atoms with Crippen LogP contribution in [0.25, 0.3) is 11.1 Å². The van der Waals surface area contributed by atoms with Crippen LogP contribution in [-0.4, -0.2) is 24.1 Å². The highest BCUT2D eigenvalue weighted by molar-refractivity contribution is 7.10. The Morgan fingerprint density at radius 1 is 1.33 bits per heavy atom. The molecule has 0 unspecified atom stereocenters. The second-order valence-electron chi connectivity index (χ2n) is 6.09. The van der Waals surface area contributed by atoms with Gasteiger partial charge in [0.2, 0.25) is 5.91 Å². The number of amides is 1. The van der Waals surface area contributed by atoms with E-state index in [1.807, 2.05) is 35.7 Å². The summed E-state index contributed by atoms with van der Waals surface area (Å²) < 4.78 is 5.15. The summed E-state index contributed by atoms with van der Waals surface area (Å²) in [6, 6.07) is 9.78. The van der Waals surface area contributed by atoms with Crippen molar-refractivity contribution in [3.05, 3.63) is 40.6 Å². The summed E-state index contributed by atoms with van der Waals surface area (Å²) in [5.74, 6) is -0.716. The van der Waals surface area contributed by atoms with E-state index in [0.29, 0.717) is 13.0 Å². The van der Waals surface area contributed by atoms with Gasteiger partial charge in [-0.25, -0.2) is 0 Å². The van der Waals surface area contributed by atoms with Gasteiger partial charge in [0.15, 0.2) is 0 Å². The van der Waals surface area contributed by atoms with E-state index in [9.17, 15) is 14.7 Å². The number of methoxy groups -OCH3 is 1. The van der Waals surface area contributed by atoms with Gasteiger partial charge in [-0.15, -0.1) is 11.3 Å². The molecule has 1 aliphatic rings. The molecule has 0 spiro atoms. The average molecular weight is 345 g/mol. The molecule has 2 N–H and O–H groups in total. The molecule has 6 heteroatoms. The fourth-order valence-corrected chi connectivity index (χ4v) is 3.70. The second-order valence-corrected chi connectivity index (χ2v) is 7.09. The van der Waals surface area contributed by atoms with Gasteiger partial charge < -0.3 is 15.2 Å². The third-order valence-corrected chi connectivity index (χ3v) is 5.53. The highest BCUT2D eigenvalue weighted by Gasteiger charge is 2.63. The van der Waals surface area contributed by atoms with Crippen LogP contribution in [0.15, 0.2) is 35.7 Å². The largest absolute Gasteiger partial charge is 0.497 e. The van der Waals surface area contributed by atoms with Crippen LogP contribution < -0.4 is 10.1 Å². The van der Waals surface area contributed by atoms with Crippen molar-refractivity contribution in [1.29, 1.82) is 0 Å². The van der Waals surface area contributed by atoms with E-state index in [1.54, 1.807) is 25.4 Å². The van der Waals surface area contributed by atoms with Gasteiger partial charge in [0, 0.05) is 4.88 Å². The quantitative estimate of drug-likeness (QED) is 0.789. The molecular formula is C18H19NO4S. The topological polar surface area (TPSA) is 75.6 Å². The Kier molecular flexibility index (Phi) is 4.32. The Hall–Kier alpha value is -2.34. The molecule has 1 aromatic carbocycles. The van der Waals surface area contributed by atoms with E-state index in [0.717, 1.165) is 21.8 Å². The third kappa shape index (κ3) is 2.89. The molecule has 0 saturated heterocycles. The zero-order valence-electron chi connectivity index (χ0n) is 13.5. The second kappa shape index (κ2) is 6.28. The standard InChI is InChI=1S/C18H19NO4S/c1-11-8-18(11,17(21)22)16(20)19-9-15-7-13(10-24-15)12-3-5-14(23-2)6-4-12/h3-7,10-11H,8-9H2,1-2H3,(H,19,20)(H,21,22)/t11-,18+/m1/s1. The van der Waals surface area contributed by atoms with Crippen molar-refractivity contribution in [1.82, 2.24) is 5.32 Å². The van der Waals surface area contributed by atoms with Gasteiger partial charge in [-0.2, -0.15) is 0 Å². The molecule has 2 atom stereocenters. The average Bonchev–Trinajstić information content (AvgIpc) is 3.06. The van der Waals surface area contributed by atoms with Gasteiger partial charge >= 0.3 is 5.97 Å². The highest BCUT2D eigenvalue weighted by atomic mass is 32.1. The normalized spacial score (nSPS) is 22.0. The van der Waals surface area contributed by atoms with Gasteiger partial charge in [0.25, 0.3) is 0 Å². The number of nitrogens with one attached hydrogen (secondary N) is 1. The molecule has 24 heavy (non-hydrogen) atoms. The minimum absolute atomic E-state index is 0.104. The first kappa shape index (κ1) is 16.5. The van der Waals surface area contributed by atoms with Gasteiger partial charge in [0.05, 0.1) is 13.7 Å². The summed E-state index contributed by atoms with van der Waals surface area (Å²) in [6.45, 7) is 2.14. The van der Waals surface area contributed by atoms with Gasteiger partial charge in [0.1, 0.15) is 11.2 Å². The summed E-state index contributed by atoms with van der Waals surface area (Å²) in [5.41, 5.74) is 0.915. The Morgan fingerprint density at radius 2 is 2.00 bits per heavy atom. The zero-order chi connectivity index (χ0) is 17.3. The molecule has 1 amide bonds. The monoisotopic (exact) mass is 345 g/mol. The molecule has 1 saturated carbocycles. The van der Waals surface area contributed by atoms with Gasteiger partial charge in [-0.05, 0) is 47.0 Å². The number of ether oxygens (including phenoxy) is 1.